The van der Waals surface area contributed by atoms with E-state index in [0.717, 1.165) is 0 Å². The fraction of sp³-hybridized carbons (Fsp3) is 0.900. The van der Waals surface area contributed by atoms with Gasteiger partial charge < -0.3 is 20.1 Å². The smallest absolute Gasteiger partial charge is 0.254 e. The maximum atomic E-state index is 12.1. The monoisotopic (exact) mass is 214 g/mol. The predicted octanol–water partition coefficient (Wildman–Crippen LogP) is -1.04. The summed E-state index contributed by atoms with van der Waals surface area (Å²) in [6.07, 6.45) is 1.03. The van der Waals surface area contributed by atoms with Gasteiger partial charge in [0.2, 0.25) is 0 Å². The molecule has 5 nitrogen and oxygen atoms in total. The Morgan fingerprint density at radius 3 is 2.47 bits per heavy atom. The molecule has 2 aliphatic heterocycles. The van der Waals surface area contributed by atoms with Crippen LogP contribution >= 0.6 is 0 Å². The highest BCUT2D eigenvalue weighted by molar-refractivity contribution is 5.85. The molecule has 0 bridgehead atoms. The minimum absolute atomic E-state index is 0.118. The molecule has 15 heavy (non-hydrogen) atoms. The van der Waals surface area contributed by atoms with Gasteiger partial charge in [0.1, 0.15) is 5.60 Å². The van der Waals surface area contributed by atoms with Crippen molar-refractivity contribution in [3.63, 3.8) is 0 Å². The minimum atomic E-state index is -1.14. The molecule has 1 amide bonds. The van der Waals surface area contributed by atoms with Gasteiger partial charge in [0.15, 0.2) is 0 Å². The van der Waals surface area contributed by atoms with Crippen LogP contribution in [-0.4, -0.2) is 60.9 Å². The van der Waals surface area contributed by atoms with Gasteiger partial charge >= 0.3 is 0 Å². The number of nitrogens with one attached hydrogen (secondary N) is 1. The van der Waals surface area contributed by atoms with E-state index in [1.807, 2.05) is 0 Å². The molecule has 0 aliphatic carbocycles. The molecule has 2 fully saturated rings. The quantitative estimate of drug-likeness (QED) is 0.585. The van der Waals surface area contributed by atoms with E-state index in [0.29, 0.717) is 52.2 Å². The van der Waals surface area contributed by atoms with Crippen LogP contribution in [0, 0.1) is 0 Å². The number of ether oxygens (including phenoxy) is 1. The Morgan fingerprint density at radius 1 is 1.27 bits per heavy atom. The van der Waals surface area contributed by atoms with Crippen LogP contribution in [0.25, 0.3) is 0 Å². The Hall–Kier alpha value is -0.650. The molecule has 0 atom stereocenters. The maximum absolute atomic E-state index is 12.1. The number of amides is 1. The molecule has 0 unspecified atom stereocenters. The van der Waals surface area contributed by atoms with Crippen molar-refractivity contribution >= 4 is 5.91 Å². The molecular weight excluding hydrogens is 196 g/mol. The molecule has 2 rings (SSSR count). The topological polar surface area (TPSA) is 61.8 Å². The Labute approximate surface area is 89.4 Å². The lowest BCUT2D eigenvalue weighted by Gasteiger charge is -2.37. The third kappa shape index (κ3) is 2.30. The van der Waals surface area contributed by atoms with Gasteiger partial charge in [-0.25, -0.2) is 0 Å². The summed E-state index contributed by atoms with van der Waals surface area (Å²) in [5.74, 6) is -0.118. The summed E-state index contributed by atoms with van der Waals surface area (Å²) in [5, 5.41) is 13.4. The van der Waals surface area contributed by atoms with Gasteiger partial charge in [-0.3, -0.25) is 4.79 Å². The molecule has 0 radical (unpaired) electrons. The first-order chi connectivity index (χ1) is 7.22. The van der Waals surface area contributed by atoms with Crippen molar-refractivity contribution < 1.29 is 14.6 Å². The molecular formula is C10H18N2O3. The molecule has 0 saturated carbocycles. The Balaban J connectivity index is 1.98. The third-order valence-electron chi connectivity index (χ3n) is 3.13. The van der Waals surface area contributed by atoms with Crippen molar-refractivity contribution in [2.24, 2.45) is 0 Å². The lowest BCUT2D eigenvalue weighted by atomic mass is 9.91. The Morgan fingerprint density at radius 2 is 1.87 bits per heavy atom. The van der Waals surface area contributed by atoms with Gasteiger partial charge in [-0.15, -0.1) is 0 Å². The van der Waals surface area contributed by atoms with Crippen LogP contribution in [0.2, 0.25) is 0 Å². The summed E-state index contributed by atoms with van der Waals surface area (Å²) in [6, 6.07) is 0. The van der Waals surface area contributed by atoms with Crippen molar-refractivity contribution in [3.8, 4) is 0 Å². The van der Waals surface area contributed by atoms with E-state index < -0.39 is 5.60 Å². The summed E-state index contributed by atoms with van der Waals surface area (Å²) in [4.78, 5) is 13.8. The van der Waals surface area contributed by atoms with Crippen LogP contribution in [-0.2, 0) is 9.53 Å². The Bertz CT molecular complexity index is 233. The summed E-state index contributed by atoms with van der Waals surface area (Å²) >= 11 is 0. The number of carbonyl (C=O) groups is 1. The van der Waals surface area contributed by atoms with Gasteiger partial charge in [-0.1, -0.05) is 0 Å². The average molecular weight is 214 g/mol. The first-order valence-electron chi connectivity index (χ1n) is 5.53. The molecule has 0 spiro atoms. The first-order valence-corrected chi connectivity index (χ1v) is 5.53. The molecule has 0 aromatic carbocycles. The number of rotatable bonds is 1. The van der Waals surface area contributed by atoms with E-state index >= 15 is 0 Å². The van der Waals surface area contributed by atoms with E-state index in [1.54, 1.807) is 4.90 Å². The second kappa shape index (κ2) is 4.47. The summed E-state index contributed by atoms with van der Waals surface area (Å²) in [6.45, 7) is 3.81. The second-order valence-corrected chi connectivity index (χ2v) is 4.19. The zero-order valence-electron chi connectivity index (χ0n) is 8.87. The zero-order chi connectivity index (χ0) is 10.7. The average Bonchev–Trinajstić information content (AvgIpc) is 2.30. The fourth-order valence-corrected chi connectivity index (χ4v) is 2.11. The van der Waals surface area contributed by atoms with E-state index in [1.165, 1.54) is 0 Å². The first kappa shape index (κ1) is 10.9. The maximum Gasteiger partial charge on any atom is 0.254 e. The summed E-state index contributed by atoms with van der Waals surface area (Å²) in [7, 11) is 0. The normalized spacial score (nSPS) is 26.3. The highest BCUT2D eigenvalue weighted by atomic mass is 16.5. The molecule has 2 saturated heterocycles. The van der Waals surface area contributed by atoms with Crippen LogP contribution in [0.4, 0.5) is 0 Å². The number of piperidine rings is 1. The largest absolute Gasteiger partial charge is 0.380 e. The lowest BCUT2D eigenvalue weighted by molar-refractivity contribution is -0.158. The number of aliphatic hydroxyl groups is 1. The minimum Gasteiger partial charge on any atom is -0.380 e. The van der Waals surface area contributed by atoms with E-state index in [4.69, 9.17) is 4.74 Å². The predicted molar refractivity (Wildman–Crippen MR) is 54.5 cm³/mol. The fourth-order valence-electron chi connectivity index (χ4n) is 2.11. The zero-order valence-corrected chi connectivity index (χ0v) is 8.87. The van der Waals surface area contributed by atoms with Crippen molar-refractivity contribution in [2.75, 3.05) is 39.4 Å². The van der Waals surface area contributed by atoms with Crippen LogP contribution < -0.4 is 5.32 Å². The number of carbonyl (C=O) groups excluding carboxylic acids is 1. The summed E-state index contributed by atoms with van der Waals surface area (Å²) in [5.41, 5.74) is -1.14. The third-order valence-corrected chi connectivity index (χ3v) is 3.13. The highest BCUT2D eigenvalue weighted by Gasteiger charge is 2.40. The van der Waals surface area contributed by atoms with E-state index in [-0.39, 0.29) is 5.91 Å². The van der Waals surface area contributed by atoms with Crippen LogP contribution in [0.1, 0.15) is 12.8 Å². The van der Waals surface area contributed by atoms with Crippen LogP contribution in [0.3, 0.4) is 0 Å². The number of morpholine rings is 1. The van der Waals surface area contributed by atoms with Crippen molar-refractivity contribution in [1.29, 1.82) is 0 Å². The second-order valence-electron chi connectivity index (χ2n) is 4.19. The van der Waals surface area contributed by atoms with Gasteiger partial charge in [0.05, 0.1) is 13.2 Å². The molecule has 2 heterocycles. The highest BCUT2D eigenvalue weighted by Crippen LogP contribution is 2.21. The molecule has 0 aromatic rings. The number of nitrogens with zero attached hydrogens (tertiary/aromatic N) is 1. The lowest BCUT2D eigenvalue weighted by Crippen LogP contribution is -2.56. The van der Waals surface area contributed by atoms with Crippen LogP contribution in [0.5, 0.6) is 0 Å². The van der Waals surface area contributed by atoms with Crippen molar-refractivity contribution in [2.45, 2.75) is 18.4 Å². The molecule has 5 heteroatoms. The van der Waals surface area contributed by atoms with E-state index in [2.05, 4.69) is 5.32 Å². The van der Waals surface area contributed by atoms with Gasteiger partial charge in [-0.05, 0) is 25.9 Å². The number of hydrogen-bond donors (Lipinski definition) is 2. The van der Waals surface area contributed by atoms with Gasteiger partial charge in [0.25, 0.3) is 5.91 Å². The van der Waals surface area contributed by atoms with Gasteiger partial charge in [-0.2, -0.15) is 0 Å². The van der Waals surface area contributed by atoms with Gasteiger partial charge in [0, 0.05) is 13.1 Å². The van der Waals surface area contributed by atoms with Crippen molar-refractivity contribution in [1.82, 2.24) is 10.2 Å². The van der Waals surface area contributed by atoms with Crippen molar-refractivity contribution in [3.05, 3.63) is 0 Å². The van der Waals surface area contributed by atoms with E-state index in [9.17, 15) is 9.90 Å². The molecule has 2 N–H and O–H groups in total. The Kier molecular flexibility index (Phi) is 3.23. The standard InChI is InChI=1S/C10H18N2O3/c13-9(12-5-7-15-8-6-12)10(14)1-3-11-4-2-10/h11,14H,1-8H2. The van der Waals surface area contributed by atoms with Crippen LogP contribution in [0.15, 0.2) is 0 Å². The molecule has 0 aromatic heterocycles. The SMILES string of the molecule is O=C(N1CCOCC1)C1(O)CCNCC1. The molecule has 2 aliphatic rings. The number of hydrogen-bond acceptors (Lipinski definition) is 4. The molecule has 86 valence electrons. The summed E-state index contributed by atoms with van der Waals surface area (Å²) < 4.78 is 5.18.